The van der Waals surface area contributed by atoms with Crippen LogP contribution in [0.3, 0.4) is 0 Å². The van der Waals surface area contributed by atoms with Crippen LogP contribution >= 0.6 is 0 Å². The van der Waals surface area contributed by atoms with Crippen LogP contribution in [-0.2, 0) is 18.1 Å². The van der Waals surface area contributed by atoms with E-state index < -0.39 is 5.69 Å². The van der Waals surface area contributed by atoms with Crippen LogP contribution in [-0.4, -0.2) is 16.7 Å². The molecule has 2 aromatic carbocycles. The first-order valence-corrected chi connectivity index (χ1v) is 9.65. The van der Waals surface area contributed by atoms with E-state index in [2.05, 4.69) is 4.98 Å². The highest BCUT2D eigenvalue weighted by molar-refractivity contribution is 5.42. The fourth-order valence-corrected chi connectivity index (χ4v) is 3.61. The largest absolute Gasteiger partial charge is 0.496 e. The molecule has 0 saturated carbocycles. The van der Waals surface area contributed by atoms with Gasteiger partial charge in [0.15, 0.2) is 0 Å². The molecule has 3 rings (SSSR count). The van der Waals surface area contributed by atoms with E-state index in [0.29, 0.717) is 24.3 Å². The van der Waals surface area contributed by atoms with Crippen LogP contribution in [0.25, 0.3) is 0 Å². The van der Waals surface area contributed by atoms with Gasteiger partial charge in [-0.15, -0.1) is 0 Å². The van der Waals surface area contributed by atoms with Gasteiger partial charge in [-0.25, -0.2) is 4.79 Å². The third-order valence-corrected chi connectivity index (χ3v) is 5.07. The zero-order chi connectivity index (χ0) is 20.8. The van der Waals surface area contributed by atoms with Gasteiger partial charge in [0.05, 0.1) is 13.7 Å². The van der Waals surface area contributed by atoms with Crippen molar-refractivity contribution < 1.29 is 9.47 Å². The number of hydrogen-bond acceptors (Lipinski definition) is 4. The molecule has 0 radical (unpaired) electrons. The summed E-state index contributed by atoms with van der Waals surface area (Å²) in [6.07, 6.45) is 0.697. The Hall–Kier alpha value is -3.12. The Morgan fingerprint density at radius 2 is 1.72 bits per heavy atom. The van der Waals surface area contributed by atoms with Gasteiger partial charge in [0.2, 0.25) is 0 Å². The summed E-state index contributed by atoms with van der Waals surface area (Å²) in [5.74, 6) is 0.546. The van der Waals surface area contributed by atoms with Crippen LogP contribution < -0.4 is 16.0 Å². The van der Waals surface area contributed by atoms with Gasteiger partial charge >= 0.3 is 5.69 Å². The second-order valence-corrected chi connectivity index (χ2v) is 6.86. The van der Waals surface area contributed by atoms with Gasteiger partial charge in [0.25, 0.3) is 5.56 Å². The number of nitrogens with one attached hydrogen (secondary N) is 1. The molecule has 0 bridgehead atoms. The first-order valence-electron chi connectivity index (χ1n) is 9.65. The summed E-state index contributed by atoms with van der Waals surface area (Å²) in [5.41, 5.74) is 2.25. The normalized spacial score (nSPS) is 12.0. The fourth-order valence-electron chi connectivity index (χ4n) is 3.61. The molecule has 0 spiro atoms. The number of nitrogens with zero attached hydrogens (tertiary/aromatic N) is 1. The average Bonchev–Trinajstić information content (AvgIpc) is 2.75. The summed E-state index contributed by atoms with van der Waals surface area (Å²) in [5, 5.41) is 0. The monoisotopic (exact) mass is 394 g/mol. The Morgan fingerprint density at radius 3 is 2.41 bits per heavy atom. The first-order chi connectivity index (χ1) is 14.1. The summed E-state index contributed by atoms with van der Waals surface area (Å²) >= 11 is 0. The molecular formula is C23H26N2O4. The summed E-state index contributed by atoms with van der Waals surface area (Å²) in [7, 11) is 1.62. The number of hydrogen-bond donors (Lipinski definition) is 1. The molecule has 0 saturated heterocycles. The number of ether oxygens (including phenoxy) is 2. The van der Waals surface area contributed by atoms with Crippen LogP contribution in [0.2, 0.25) is 0 Å². The molecule has 6 heteroatoms. The molecule has 29 heavy (non-hydrogen) atoms. The number of aromatic nitrogens is 2. The lowest BCUT2D eigenvalue weighted by Gasteiger charge is -2.24. The Morgan fingerprint density at radius 1 is 1.03 bits per heavy atom. The van der Waals surface area contributed by atoms with E-state index in [4.69, 9.17) is 9.47 Å². The lowest BCUT2D eigenvalue weighted by molar-refractivity contribution is 0.0582. The molecule has 1 unspecified atom stereocenters. The molecule has 3 aromatic rings. The van der Waals surface area contributed by atoms with Crippen LogP contribution in [0, 0.1) is 6.92 Å². The van der Waals surface area contributed by atoms with Crippen molar-refractivity contribution >= 4 is 0 Å². The van der Waals surface area contributed by atoms with Gasteiger partial charge in [-0.2, -0.15) is 0 Å². The highest BCUT2D eigenvalue weighted by Gasteiger charge is 2.24. The number of para-hydroxylation sites is 1. The van der Waals surface area contributed by atoms with Crippen molar-refractivity contribution in [1.29, 1.82) is 0 Å². The van der Waals surface area contributed by atoms with Crippen molar-refractivity contribution in [3.63, 3.8) is 0 Å². The van der Waals surface area contributed by atoms with Crippen molar-refractivity contribution in [3.8, 4) is 5.75 Å². The summed E-state index contributed by atoms with van der Waals surface area (Å²) < 4.78 is 12.9. The lowest BCUT2D eigenvalue weighted by Crippen LogP contribution is -2.36. The predicted molar refractivity (Wildman–Crippen MR) is 112 cm³/mol. The molecule has 1 heterocycles. The smallest absolute Gasteiger partial charge is 0.330 e. The number of rotatable bonds is 8. The third kappa shape index (κ3) is 4.49. The fraction of sp³-hybridized carbons (Fsp3) is 0.304. The van der Waals surface area contributed by atoms with Crippen molar-refractivity contribution in [2.45, 2.75) is 39.5 Å². The lowest BCUT2D eigenvalue weighted by atomic mass is 9.89. The van der Waals surface area contributed by atoms with Gasteiger partial charge in [0.1, 0.15) is 12.5 Å². The minimum Gasteiger partial charge on any atom is -0.496 e. The molecule has 0 aliphatic rings. The number of benzene rings is 2. The highest BCUT2D eigenvalue weighted by atomic mass is 16.5. The van der Waals surface area contributed by atoms with E-state index in [1.807, 2.05) is 61.5 Å². The Balaban J connectivity index is 2.02. The quantitative estimate of drug-likeness (QED) is 0.634. The minimum atomic E-state index is -0.475. The van der Waals surface area contributed by atoms with Crippen LogP contribution in [0.5, 0.6) is 5.75 Å². The topological polar surface area (TPSA) is 73.3 Å². The van der Waals surface area contributed by atoms with Crippen molar-refractivity contribution in [2.75, 3.05) is 7.11 Å². The van der Waals surface area contributed by atoms with E-state index in [-0.39, 0.29) is 18.2 Å². The molecule has 0 aliphatic heterocycles. The first kappa shape index (κ1) is 20.6. The van der Waals surface area contributed by atoms with Crippen molar-refractivity contribution in [3.05, 3.63) is 97.8 Å². The second kappa shape index (κ2) is 9.39. The molecule has 1 N–H and O–H groups in total. The van der Waals surface area contributed by atoms with E-state index in [1.165, 1.54) is 4.57 Å². The SMILES string of the molecule is CCC(c1ccccc1OC)c1c(C)c(=O)[nH]c(=O)n1COCc1ccccc1. The van der Waals surface area contributed by atoms with Crippen LogP contribution in [0.1, 0.15) is 41.6 Å². The summed E-state index contributed by atoms with van der Waals surface area (Å²) in [6.45, 7) is 4.18. The number of methoxy groups -OCH3 is 1. The maximum atomic E-state index is 12.7. The van der Waals surface area contributed by atoms with E-state index in [9.17, 15) is 9.59 Å². The summed E-state index contributed by atoms with van der Waals surface area (Å²) in [4.78, 5) is 27.4. The van der Waals surface area contributed by atoms with Crippen LogP contribution in [0.4, 0.5) is 0 Å². The third-order valence-electron chi connectivity index (χ3n) is 5.07. The standard InChI is InChI=1S/C23H26N2O4/c1-4-18(19-12-8-9-13-20(19)28-3)21-16(2)22(26)24-23(27)25(21)15-29-14-17-10-6-5-7-11-17/h5-13,18H,4,14-15H2,1-3H3,(H,24,26,27). The summed E-state index contributed by atoms with van der Waals surface area (Å²) in [6, 6.07) is 17.4. The Labute approximate surface area is 169 Å². The maximum Gasteiger partial charge on any atom is 0.330 e. The zero-order valence-electron chi connectivity index (χ0n) is 17.0. The maximum absolute atomic E-state index is 12.7. The molecule has 1 atom stereocenters. The van der Waals surface area contributed by atoms with Crippen LogP contribution in [0.15, 0.2) is 64.2 Å². The number of H-pyrrole nitrogens is 1. The van der Waals surface area contributed by atoms with Gasteiger partial charge in [-0.3, -0.25) is 14.3 Å². The van der Waals surface area contributed by atoms with Crippen molar-refractivity contribution in [1.82, 2.24) is 9.55 Å². The van der Waals surface area contributed by atoms with Crippen molar-refractivity contribution in [2.24, 2.45) is 0 Å². The Kier molecular flexibility index (Phi) is 6.67. The minimum absolute atomic E-state index is 0.0479. The van der Waals surface area contributed by atoms with Gasteiger partial charge in [0, 0.05) is 22.7 Å². The molecule has 152 valence electrons. The average molecular weight is 394 g/mol. The van der Waals surface area contributed by atoms with E-state index >= 15 is 0 Å². The second-order valence-electron chi connectivity index (χ2n) is 6.86. The zero-order valence-corrected chi connectivity index (χ0v) is 17.0. The van der Waals surface area contributed by atoms with Gasteiger partial charge < -0.3 is 9.47 Å². The molecule has 6 nitrogen and oxygen atoms in total. The van der Waals surface area contributed by atoms with E-state index in [0.717, 1.165) is 16.9 Å². The molecule has 1 aromatic heterocycles. The van der Waals surface area contributed by atoms with E-state index in [1.54, 1.807) is 14.0 Å². The molecular weight excluding hydrogens is 368 g/mol. The van der Waals surface area contributed by atoms with Gasteiger partial charge in [-0.05, 0) is 25.0 Å². The highest BCUT2D eigenvalue weighted by Crippen LogP contribution is 2.34. The molecule has 0 fully saturated rings. The molecule has 0 aliphatic carbocycles. The Bertz CT molecular complexity index is 1070. The predicted octanol–water partition coefficient (Wildman–Crippen LogP) is 3.57. The number of aromatic amines is 1. The molecule has 0 amide bonds. The van der Waals surface area contributed by atoms with Gasteiger partial charge in [-0.1, -0.05) is 55.5 Å².